The molecule has 1 fully saturated rings. The second kappa shape index (κ2) is 5.15. The van der Waals surface area contributed by atoms with Gasteiger partial charge >= 0.3 is 0 Å². The van der Waals surface area contributed by atoms with Crippen LogP contribution in [0.25, 0.3) is 0 Å². The lowest BCUT2D eigenvalue weighted by Crippen LogP contribution is -2.22. The van der Waals surface area contributed by atoms with E-state index in [1.54, 1.807) is 6.07 Å². The van der Waals surface area contributed by atoms with Gasteiger partial charge in [0.05, 0.1) is 7.11 Å². The molecule has 0 radical (unpaired) electrons. The molecule has 1 saturated carbocycles. The molecule has 2 N–H and O–H groups in total. The monoisotopic (exact) mass is 289 g/mol. The molecule has 0 heterocycles. The molecule has 0 bridgehead atoms. The van der Waals surface area contributed by atoms with E-state index in [0.717, 1.165) is 31.2 Å². The van der Waals surface area contributed by atoms with E-state index in [-0.39, 0.29) is 28.3 Å². The fourth-order valence-electron chi connectivity index (χ4n) is 1.77. The summed E-state index contributed by atoms with van der Waals surface area (Å²) in [5.41, 5.74) is 6.91. The van der Waals surface area contributed by atoms with Gasteiger partial charge in [0.1, 0.15) is 0 Å². The SMILES string of the molecule is Br.COc1c(F)cccc1CCC1(N)CC1. The Hall–Kier alpha value is -0.610. The van der Waals surface area contributed by atoms with Gasteiger partial charge < -0.3 is 10.5 Å². The first-order chi connectivity index (χ1) is 7.14. The van der Waals surface area contributed by atoms with Crippen molar-refractivity contribution in [3.8, 4) is 5.75 Å². The fourth-order valence-corrected chi connectivity index (χ4v) is 1.77. The van der Waals surface area contributed by atoms with Gasteiger partial charge in [-0.3, -0.25) is 0 Å². The third-order valence-electron chi connectivity index (χ3n) is 3.04. The maximum absolute atomic E-state index is 13.3. The molecule has 0 spiro atoms. The van der Waals surface area contributed by atoms with Gasteiger partial charge in [-0.25, -0.2) is 4.39 Å². The zero-order valence-electron chi connectivity index (χ0n) is 9.33. The molecule has 0 aromatic heterocycles. The molecular formula is C12H17BrFNO. The van der Waals surface area contributed by atoms with Crippen LogP contribution in [0.1, 0.15) is 24.8 Å². The largest absolute Gasteiger partial charge is 0.493 e. The van der Waals surface area contributed by atoms with Crippen molar-refractivity contribution in [3.63, 3.8) is 0 Å². The molecule has 0 amide bonds. The van der Waals surface area contributed by atoms with Crippen molar-refractivity contribution in [2.45, 2.75) is 31.2 Å². The number of methoxy groups -OCH3 is 1. The van der Waals surface area contributed by atoms with Crippen LogP contribution in [0.3, 0.4) is 0 Å². The molecule has 1 aromatic carbocycles. The fraction of sp³-hybridized carbons (Fsp3) is 0.500. The van der Waals surface area contributed by atoms with Crippen LogP contribution in [0.5, 0.6) is 5.75 Å². The molecule has 0 saturated heterocycles. The Balaban J connectivity index is 0.00000128. The average molecular weight is 290 g/mol. The maximum Gasteiger partial charge on any atom is 0.165 e. The van der Waals surface area contributed by atoms with Gasteiger partial charge in [0.25, 0.3) is 0 Å². The summed E-state index contributed by atoms with van der Waals surface area (Å²) in [6.07, 6.45) is 3.87. The number of rotatable bonds is 4. The van der Waals surface area contributed by atoms with Crippen molar-refractivity contribution in [2.24, 2.45) is 5.73 Å². The number of hydrogen-bond acceptors (Lipinski definition) is 2. The van der Waals surface area contributed by atoms with Crippen molar-refractivity contribution in [1.29, 1.82) is 0 Å². The van der Waals surface area contributed by atoms with E-state index in [4.69, 9.17) is 10.5 Å². The molecule has 2 nitrogen and oxygen atoms in total. The number of nitrogens with two attached hydrogens (primary N) is 1. The quantitative estimate of drug-likeness (QED) is 0.925. The molecule has 4 heteroatoms. The van der Waals surface area contributed by atoms with Gasteiger partial charge in [-0.05, 0) is 37.3 Å². The Labute approximate surface area is 106 Å². The molecule has 0 aliphatic heterocycles. The Morgan fingerprint density at radius 3 is 2.69 bits per heavy atom. The van der Waals surface area contributed by atoms with Gasteiger partial charge in [0.15, 0.2) is 11.6 Å². The molecule has 16 heavy (non-hydrogen) atoms. The van der Waals surface area contributed by atoms with Gasteiger partial charge in [0.2, 0.25) is 0 Å². The van der Waals surface area contributed by atoms with E-state index in [0.29, 0.717) is 5.75 Å². The molecule has 1 aliphatic rings. The van der Waals surface area contributed by atoms with Gasteiger partial charge in [-0.15, -0.1) is 17.0 Å². The van der Waals surface area contributed by atoms with E-state index in [1.165, 1.54) is 13.2 Å². The van der Waals surface area contributed by atoms with Crippen LogP contribution < -0.4 is 10.5 Å². The van der Waals surface area contributed by atoms with Crippen LogP contribution in [-0.2, 0) is 6.42 Å². The Morgan fingerprint density at radius 2 is 2.12 bits per heavy atom. The number of halogens is 2. The third kappa shape index (κ3) is 2.95. The van der Waals surface area contributed by atoms with Crippen molar-refractivity contribution in [2.75, 3.05) is 7.11 Å². The molecule has 1 aliphatic carbocycles. The van der Waals surface area contributed by atoms with Crippen LogP contribution in [-0.4, -0.2) is 12.6 Å². The highest BCUT2D eigenvalue weighted by Gasteiger charge is 2.37. The van der Waals surface area contributed by atoms with Gasteiger partial charge in [-0.1, -0.05) is 12.1 Å². The lowest BCUT2D eigenvalue weighted by atomic mass is 10.0. The summed E-state index contributed by atoms with van der Waals surface area (Å²) in [5, 5.41) is 0. The Morgan fingerprint density at radius 1 is 1.44 bits per heavy atom. The summed E-state index contributed by atoms with van der Waals surface area (Å²) in [7, 11) is 1.50. The van der Waals surface area contributed by atoms with Crippen molar-refractivity contribution in [1.82, 2.24) is 0 Å². The standard InChI is InChI=1S/C12H16FNO.BrH/c1-15-11-9(3-2-4-10(11)13)5-6-12(14)7-8-12;/h2-4H,5-8,14H2,1H3;1H. The van der Waals surface area contributed by atoms with E-state index < -0.39 is 0 Å². The topological polar surface area (TPSA) is 35.2 Å². The number of ether oxygens (including phenoxy) is 1. The number of hydrogen-bond donors (Lipinski definition) is 1. The maximum atomic E-state index is 13.3. The normalized spacial score (nSPS) is 16.4. The van der Waals surface area contributed by atoms with Gasteiger partial charge in [-0.2, -0.15) is 0 Å². The van der Waals surface area contributed by atoms with E-state index in [9.17, 15) is 4.39 Å². The molecule has 0 unspecified atom stereocenters. The predicted octanol–water partition coefficient (Wildman–Crippen LogP) is 2.84. The van der Waals surface area contributed by atoms with Crippen molar-refractivity contribution in [3.05, 3.63) is 29.6 Å². The van der Waals surface area contributed by atoms with Crippen LogP contribution in [0.4, 0.5) is 4.39 Å². The summed E-state index contributed by atoms with van der Waals surface area (Å²) in [6.45, 7) is 0. The van der Waals surface area contributed by atoms with Crippen LogP contribution >= 0.6 is 17.0 Å². The first kappa shape index (κ1) is 13.5. The summed E-state index contributed by atoms with van der Waals surface area (Å²) >= 11 is 0. The van der Waals surface area contributed by atoms with E-state index >= 15 is 0 Å². The summed E-state index contributed by atoms with van der Waals surface area (Å²) in [6, 6.07) is 5.02. The minimum atomic E-state index is -0.295. The lowest BCUT2D eigenvalue weighted by molar-refractivity contribution is 0.380. The van der Waals surface area contributed by atoms with Crippen molar-refractivity contribution >= 4 is 17.0 Å². The number of benzene rings is 1. The summed E-state index contributed by atoms with van der Waals surface area (Å²) in [5.74, 6) is 0.0682. The molecule has 1 aromatic rings. The summed E-state index contributed by atoms with van der Waals surface area (Å²) < 4.78 is 18.4. The predicted molar refractivity (Wildman–Crippen MR) is 67.7 cm³/mol. The number of para-hydroxylation sites is 1. The van der Waals surface area contributed by atoms with E-state index in [1.807, 2.05) is 6.07 Å². The summed E-state index contributed by atoms with van der Waals surface area (Å²) in [4.78, 5) is 0. The highest BCUT2D eigenvalue weighted by Crippen LogP contribution is 2.37. The van der Waals surface area contributed by atoms with E-state index in [2.05, 4.69) is 0 Å². The second-order valence-corrected chi connectivity index (χ2v) is 4.29. The van der Waals surface area contributed by atoms with Crippen molar-refractivity contribution < 1.29 is 9.13 Å². The third-order valence-corrected chi connectivity index (χ3v) is 3.04. The Kier molecular flexibility index (Phi) is 4.33. The van der Waals surface area contributed by atoms with Crippen LogP contribution in [0.15, 0.2) is 18.2 Å². The smallest absolute Gasteiger partial charge is 0.165 e. The average Bonchev–Trinajstić information content (AvgIpc) is 2.94. The zero-order valence-corrected chi connectivity index (χ0v) is 11.0. The minimum absolute atomic E-state index is 0. The second-order valence-electron chi connectivity index (χ2n) is 4.29. The highest BCUT2D eigenvalue weighted by molar-refractivity contribution is 8.93. The minimum Gasteiger partial charge on any atom is -0.493 e. The first-order valence-corrected chi connectivity index (χ1v) is 5.25. The van der Waals surface area contributed by atoms with Crippen LogP contribution in [0, 0.1) is 5.82 Å². The Bertz CT molecular complexity index is 366. The first-order valence-electron chi connectivity index (χ1n) is 5.25. The van der Waals surface area contributed by atoms with Crippen LogP contribution in [0.2, 0.25) is 0 Å². The molecule has 90 valence electrons. The zero-order chi connectivity index (χ0) is 10.9. The lowest BCUT2D eigenvalue weighted by Gasteiger charge is -2.11. The number of aryl methyl sites for hydroxylation is 1. The van der Waals surface area contributed by atoms with Gasteiger partial charge in [0, 0.05) is 5.54 Å². The molecule has 2 rings (SSSR count). The molecular weight excluding hydrogens is 273 g/mol. The molecule has 0 atom stereocenters. The highest BCUT2D eigenvalue weighted by atomic mass is 79.9.